The first-order valence-corrected chi connectivity index (χ1v) is 5.48. The number of benzene rings is 1. The van der Waals surface area contributed by atoms with E-state index in [2.05, 4.69) is 31.2 Å². The minimum absolute atomic E-state index is 0.204. The Morgan fingerprint density at radius 1 is 1.35 bits per heavy atom. The summed E-state index contributed by atoms with van der Waals surface area (Å²) < 4.78 is 13.5. The van der Waals surface area contributed by atoms with E-state index in [-0.39, 0.29) is 5.56 Å². The van der Waals surface area contributed by atoms with Crippen LogP contribution in [0.3, 0.4) is 0 Å². The summed E-state index contributed by atoms with van der Waals surface area (Å²) in [6, 6.07) is 3.89. The number of halogens is 2. The minimum Gasteiger partial charge on any atom is -0.305 e. The molecule has 1 heterocycles. The van der Waals surface area contributed by atoms with Gasteiger partial charge < -0.3 is 5.32 Å². The maximum atomic E-state index is 13.0. The lowest BCUT2D eigenvalue weighted by Gasteiger charge is -2.05. The van der Waals surface area contributed by atoms with Crippen LogP contribution in [-0.4, -0.2) is 15.9 Å². The van der Waals surface area contributed by atoms with Crippen LogP contribution in [-0.2, 0) is 0 Å². The van der Waals surface area contributed by atoms with Crippen molar-refractivity contribution in [3.8, 4) is 0 Å². The Bertz CT molecular complexity index is 548. The van der Waals surface area contributed by atoms with Gasteiger partial charge in [0.15, 0.2) is 5.82 Å². The smallest absolute Gasteiger partial charge is 0.258 e. The fourth-order valence-electron chi connectivity index (χ4n) is 1.22. The molecule has 0 spiro atoms. The monoisotopic (exact) mass is 295 g/mol. The second-order valence-corrected chi connectivity index (χ2v) is 4.02. The van der Waals surface area contributed by atoms with Crippen LogP contribution >= 0.6 is 15.9 Å². The van der Waals surface area contributed by atoms with Crippen molar-refractivity contribution in [1.82, 2.24) is 9.97 Å². The highest BCUT2D eigenvalue weighted by Gasteiger charge is 2.11. The van der Waals surface area contributed by atoms with Crippen molar-refractivity contribution in [1.29, 1.82) is 0 Å². The highest BCUT2D eigenvalue weighted by Crippen LogP contribution is 2.18. The third-order valence-electron chi connectivity index (χ3n) is 1.98. The highest BCUT2D eigenvalue weighted by atomic mass is 79.9. The summed E-state index contributed by atoms with van der Waals surface area (Å²) in [5.41, 5.74) is 0.204. The average molecular weight is 296 g/mol. The Balaban J connectivity index is 2.23. The van der Waals surface area contributed by atoms with Crippen LogP contribution in [0, 0.1) is 5.82 Å². The second kappa shape index (κ2) is 5.01. The van der Waals surface area contributed by atoms with Gasteiger partial charge in [-0.3, -0.25) is 9.78 Å². The fourth-order valence-corrected chi connectivity index (χ4v) is 1.65. The van der Waals surface area contributed by atoms with E-state index in [9.17, 15) is 9.18 Å². The van der Waals surface area contributed by atoms with Gasteiger partial charge in [0, 0.05) is 16.9 Å². The highest BCUT2D eigenvalue weighted by molar-refractivity contribution is 9.10. The van der Waals surface area contributed by atoms with Gasteiger partial charge in [-0.2, -0.15) is 0 Å². The number of nitrogens with one attached hydrogen (secondary N) is 1. The fraction of sp³-hybridized carbons (Fsp3) is 0. The topological polar surface area (TPSA) is 54.9 Å². The number of nitrogens with zero attached hydrogens (tertiary/aromatic N) is 2. The van der Waals surface area contributed by atoms with Gasteiger partial charge in [0.2, 0.25) is 0 Å². The minimum atomic E-state index is -0.475. The average Bonchev–Trinajstić information content (AvgIpc) is 2.33. The molecule has 4 nitrogen and oxygen atoms in total. The van der Waals surface area contributed by atoms with E-state index in [0.717, 1.165) is 6.07 Å². The molecule has 0 saturated heterocycles. The molecule has 2 rings (SSSR count). The Morgan fingerprint density at radius 3 is 2.88 bits per heavy atom. The summed E-state index contributed by atoms with van der Waals surface area (Å²) >= 11 is 3.18. The van der Waals surface area contributed by atoms with E-state index in [4.69, 9.17) is 0 Å². The molecule has 86 valence electrons. The molecule has 0 aliphatic carbocycles. The van der Waals surface area contributed by atoms with Crippen LogP contribution in [0.2, 0.25) is 0 Å². The SMILES string of the molecule is O=C(Nc1cnccn1)c1cc(F)ccc1Br. The molecular weight excluding hydrogens is 289 g/mol. The Morgan fingerprint density at radius 2 is 2.18 bits per heavy atom. The van der Waals surface area contributed by atoms with Crippen LogP contribution in [0.25, 0.3) is 0 Å². The maximum Gasteiger partial charge on any atom is 0.258 e. The summed E-state index contributed by atoms with van der Waals surface area (Å²) in [4.78, 5) is 19.5. The molecule has 0 atom stereocenters. The Hall–Kier alpha value is -1.82. The van der Waals surface area contributed by atoms with E-state index in [1.807, 2.05) is 0 Å². The first kappa shape index (κ1) is 11.7. The van der Waals surface area contributed by atoms with Crippen LogP contribution in [0.15, 0.2) is 41.3 Å². The molecule has 1 aromatic heterocycles. The Kier molecular flexibility index (Phi) is 3.43. The molecule has 0 unspecified atom stereocenters. The quantitative estimate of drug-likeness (QED) is 0.927. The number of carbonyl (C=O) groups is 1. The van der Waals surface area contributed by atoms with Gasteiger partial charge in [0.25, 0.3) is 5.91 Å². The zero-order valence-corrected chi connectivity index (χ0v) is 10.1. The summed E-state index contributed by atoms with van der Waals surface area (Å²) in [6.07, 6.45) is 4.36. The number of hydrogen-bond acceptors (Lipinski definition) is 3. The number of amides is 1. The van der Waals surface area contributed by atoms with Gasteiger partial charge >= 0.3 is 0 Å². The Labute approximate surface area is 105 Å². The van der Waals surface area contributed by atoms with Crippen LogP contribution in [0.4, 0.5) is 10.2 Å². The molecule has 0 fully saturated rings. The van der Waals surface area contributed by atoms with Gasteiger partial charge in [-0.25, -0.2) is 9.37 Å². The maximum absolute atomic E-state index is 13.0. The molecule has 0 saturated carbocycles. The van der Waals surface area contributed by atoms with Crippen molar-refractivity contribution < 1.29 is 9.18 Å². The number of anilines is 1. The zero-order chi connectivity index (χ0) is 12.3. The van der Waals surface area contributed by atoms with Crippen LogP contribution < -0.4 is 5.32 Å². The summed E-state index contributed by atoms with van der Waals surface area (Å²) in [5.74, 6) is -0.608. The molecule has 0 radical (unpaired) electrons. The third-order valence-corrected chi connectivity index (χ3v) is 2.67. The van der Waals surface area contributed by atoms with Crippen LogP contribution in [0.5, 0.6) is 0 Å². The predicted molar refractivity (Wildman–Crippen MR) is 64.1 cm³/mol. The molecule has 17 heavy (non-hydrogen) atoms. The van der Waals surface area contributed by atoms with Crippen molar-refractivity contribution in [3.05, 3.63) is 52.6 Å². The first-order chi connectivity index (χ1) is 8.16. The molecule has 2 aromatic rings. The van der Waals surface area contributed by atoms with Gasteiger partial charge in [0.05, 0.1) is 11.8 Å². The van der Waals surface area contributed by atoms with Crippen molar-refractivity contribution in [3.63, 3.8) is 0 Å². The van der Waals surface area contributed by atoms with Gasteiger partial charge in [0.1, 0.15) is 5.82 Å². The largest absolute Gasteiger partial charge is 0.305 e. The lowest BCUT2D eigenvalue weighted by molar-refractivity contribution is 0.102. The van der Waals surface area contributed by atoms with E-state index < -0.39 is 11.7 Å². The van der Waals surface area contributed by atoms with Crippen molar-refractivity contribution in [2.75, 3.05) is 5.32 Å². The summed E-state index contributed by atoms with van der Waals surface area (Å²) in [6.45, 7) is 0. The molecule has 6 heteroatoms. The van der Waals surface area contributed by atoms with Gasteiger partial charge in [-0.15, -0.1) is 0 Å². The van der Waals surface area contributed by atoms with E-state index in [1.165, 1.54) is 30.7 Å². The first-order valence-electron chi connectivity index (χ1n) is 4.69. The lowest BCUT2D eigenvalue weighted by Crippen LogP contribution is -2.13. The molecule has 1 amide bonds. The van der Waals surface area contributed by atoms with E-state index in [1.54, 1.807) is 0 Å². The summed E-state index contributed by atoms with van der Waals surface area (Å²) in [7, 11) is 0. The summed E-state index contributed by atoms with van der Waals surface area (Å²) in [5, 5.41) is 2.52. The second-order valence-electron chi connectivity index (χ2n) is 3.17. The molecule has 0 aliphatic rings. The van der Waals surface area contributed by atoms with Crippen LogP contribution in [0.1, 0.15) is 10.4 Å². The molecule has 1 N–H and O–H groups in total. The number of aromatic nitrogens is 2. The van der Waals surface area contributed by atoms with E-state index >= 15 is 0 Å². The van der Waals surface area contributed by atoms with Gasteiger partial charge in [-0.1, -0.05) is 0 Å². The zero-order valence-electron chi connectivity index (χ0n) is 8.52. The van der Waals surface area contributed by atoms with Crippen molar-refractivity contribution in [2.24, 2.45) is 0 Å². The number of rotatable bonds is 2. The van der Waals surface area contributed by atoms with Gasteiger partial charge in [-0.05, 0) is 34.1 Å². The van der Waals surface area contributed by atoms with Crippen molar-refractivity contribution in [2.45, 2.75) is 0 Å². The normalized spacial score (nSPS) is 10.0. The standard InChI is InChI=1S/C11H7BrFN3O/c12-9-2-1-7(13)5-8(9)11(17)16-10-6-14-3-4-15-10/h1-6H,(H,15,16,17). The number of hydrogen-bond donors (Lipinski definition) is 1. The van der Waals surface area contributed by atoms with Crippen molar-refractivity contribution >= 4 is 27.7 Å². The molecule has 0 bridgehead atoms. The third kappa shape index (κ3) is 2.85. The van der Waals surface area contributed by atoms with E-state index in [0.29, 0.717) is 10.3 Å². The molecule has 1 aromatic carbocycles. The molecule has 0 aliphatic heterocycles. The predicted octanol–water partition coefficient (Wildman–Crippen LogP) is 2.63. The number of carbonyl (C=O) groups excluding carboxylic acids is 1. The molecular formula is C11H7BrFN3O. The lowest BCUT2D eigenvalue weighted by atomic mass is 10.2.